The molecule has 0 unspecified atom stereocenters. The van der Waals surface area contributed by atoms with Gasteiger partial charge in [0.15, 0.2) is 0 Å². The van der Waals surface area contributed by atoms with Gasteiger partial charge in [0, 0.05) is 36.0 Å². The smallest absolute Gasteiger partial charge is 0.322 e. The summed E-state index contributed by atoms with van der Waals surface area (Å²) in [5, 5.41) is 10.8. The zero-order chi connectivity index (χ0) is 17.9. The minimum atomic E-state index is -0.986. The number of aliphatic carboxylic acids is 1. The molecule has 143 valence electrons. The van der Waals surface area contributed by atoms with Gasteiger partial charge in [-0.05, 0) is 6.42 Å². The number of rotatable bonds is 18. The van der Waals surface area contributed by atoms with Gasteiger partial charge in [0.25, 0.3) is 0 Å². The molecule has 0 aliphatic rings. The third kappa shape index (κ3) is 23.9. The molecule has 0 aromatic rings. The summed E-state index contributed by atoms with van der Waals surface area (Å²) in [6.45, 7) is 2.00. The van der Waals surface area contributed by atoms with Crippen LogP contribution in [0.4, 0.5) is 0 Å². The van der Waals surface area contributed by atoms with Crippen molar-refractivity contribution in [2.75, 3.05) is 6.54 Å². The molecule has 0 bridgehead atoms. The van der Waals surface area contributed by atoms with Crippen LogP contribution in [0.2, 0.25) is 0 Å². The molecule has 0 fully saturated rings. The van der Waals surface area contributed by atoms with Gasteiger partial charge in [0.1, 0.15) is 6.54 Å². The first-order valence-corrected chi connectivity index (χ1v) is 10.1. The zero-order valence-electron chi connectivity index (χ0n) is 16.8. The first-order chi connectivity index (χ1) is 11.7. The Bertz CT molecular complexity index is 311. The van der Waals surface area contributed by atoms with E-state index in [9.17, 15) is 9.59 Å². The molecule has 0 aromatic carbocycles. The Kier molecular flexibility index (Phi) is 23.9. The summed E-state index contributed by atoms with van der Waals surface area (Å²) in [4.78, 5) is 21.6. The summed E-state index contributed by atoms with van der Waals surface area (Å²) >= 11 is 0. The molecule has 4 nitrogen and oxygen atoms in total. The van der Waals surface area contributed by atoms with E-state index in [4.69, 9.17) is 5.11 Å². The van der Waals surface area contributed by atoms with E-state index in [0.717, 1.165) is 12.8 Å². The summed E-state index contributed by atoms with van der Waals surface area (Å²) in [6, 6.07) is 0. The maximum absolute atomic E-state index is 11.3. The molecule has 1 amide bonds. The van der Waals surface area contributed by atoms with Crippen molar-refractivity contribution in [1.29, 1.82) is 0 Å². The Hall–Kier alpha value is -0.0600. The van der Waals surface area contributed by atoms with E-state index in [2.05, 4.69) is 12.2 Å². The van der Waals surface area contributed by atoms with Crippen molar-refractivity contribution in [2.45, 2.75) is 110 Å². The SMILES string of the molecule is CCCCCCCCCCCCCCCCCC(=O)NCC(=O)O.[Na]. The van der Waals surface area contributed by atoms with E-state index in [1.54, 1.807) is 0 Å². The summed E-state index contributed by atoms with van der Waals surface area (Å²) in [5.74, 6) is -1.13. The average Bonchev–Trinajstić information content (AvgIpc) is 2.56. The predicted molar refractivity (Wildman–Crippen MR) is 106 cm³/mol. The van der Waals surface area contributed by atoms with Crippen molar-refractivity contribution in [3.05, 3.63) is 0 Å². The first-order valence-electron chi connectivity index (χ1n) is 10.1. The molecule has 0 heterocycles. The van der Waals surface area contributed by atoms with Gasteiger partial charge in [0.05, 0.1) is 0 Å². The van der Waals surface area contributed by atoms with Crippen molar-refractivity contribution >= 4 is 41.4 Å². The second-order valence-electron chi connectivity index (χ2n) is 6.87. The maximum atomic E-state index is 11.3. The van der Waals surface area contributed by atoms with E-state index < -0.39 is 5.97 Å². The van der Waals surface area contributed by atoms with Crippen LogP contribution in [-0.2, 0) is 9.59 Å². The summed E-state index contributed by atoms with van der Waals surface area (Å²) in [7, 11) is 0. The standard InChI is InChI=1S/C20H39NO3.Na/c1-2-3-4-5-6-7-8-9-10-11-12-13-14-15-16-17-19(22)21-18-20(23)24;/h2-18H2,1H3,(H,21,22)(H,23,24);. The van der Waals surface area contributed by atoms with Crippen LogP contribution in [0.3, 0.4) is 0 Å². The van der Waals surface area contributed by atoms with Gasteiger partial charge in [-0.1, -0.05) is 96.8 Å². The molecule has 25 heavy (non-hydrogen) atoms. The number of unbranched alkanes of at least 4 members (excludes halogenated alkanes) is 14. The Labute approximate surface area is 177 Å². The minimum Gasteiger partial charge on any atom is -0.480 e. The fraction of sp³-hybridized carbons (Fsp3) is 0.900. The van der Waals surface area contributed by atoms with Gasteiger partial charge in [-0.25, -0.2) is 0 Å². The normalized spacial score (nSPS) is 10.3. The fourth-order valence-electron chi connectivity index (χ4n) is 2.92. The molecule has 0 spiro atoms. The molecule has 0 aliphatic heterocycles. The molecule has 0 aliphatic carbocycles. The Morgan fingerprint density at radius 1 is 0.680 bits per heavy atom. The van der Waals surface area contributed by atoms with Crippen LogP contribution in [0, 0.1) is 0 Å². The Balaban J connectivity index is 0. The van der Waals surface area contributed by atoms with E-state index in [1.165, 1.54) is 83.5 Å². The van der Waals surface area contributed by atoms with Crippen LogP contribution in [0.1, 0.15) is 110 Å². The van der Waals surface area contributed by atoms with Crippen LogP contribution in [0.5, 0.6) is 0 Å². The molecule has 5 heteroatoms. The molecule has 1 radical (unpaired) electrons. The molecule has 0 saturated carbocycles. The van der Waals surface area contributed by atoms with Gasteiger partial charge < -0.3 is 10.4 Å². The predicted octanol–water partition coefficient (Wildman–Crippen LogP) is 5.07. The molecule has 0 saturated heterocycles. The van der Waals surface area contributed by atoms with Gasteiger partial charge in [-0.15, -0.1) is 0 Å². The van der Waals surface area contributed by atoms with E-state index in [0.29, 0.717) is 6.42 Å². The third-order valence-electron chi connectivity index (χ3n) is 4.44. The largest absolute Gasteiger partial charge is 0.480 e. The van der Waals surface area contributed by atoms with Crippen molar-refractivity contribution in [1.82, 2.24) is 5.32 Å². The average molecular weight is 365 g/mol. The van der Waals surface area contributed by atoms with Crippen LogP contribution in [0.15, 0.2) is 0 Å². The molecule has 0 aromatic heterocycles. The second-order valence-corrected chi connectivity index (χ2v) is 6.87. The van der Waals surface area contributed by atoms with Gasteiger partial charge in [-0.3, -0.25) is 9.59 Å². The van der Waals surface area contributed by atoms with Crippen molar-refractivity contribution in [2.24, 2.45) is 0 Å². The summed E-state index contributed by atoms with van der Waals surface area (Å²) < 4.78 is 0. The number of carboxylic acid groups (broad SMARTS) is 1. The monoisotopic (exact) mass is 364 g/mol. The van der Waals surface area contributed by atoms with Crippen molar-refractivity contribution in [3.8, 4) is 0 Å². The zero-order valence-corrected chi connectivity index (χ0v) is 18.8. The molecule has 2 N–H and O–H groups in total. The number of amides is 1. The molecular formula is C20H39NNaO3. The van der Waals surface area contributed by atoms with Crippen molar-refractivity contribution < 1.29 is 14.7 Å². The third-order valence-corrected chi connectivity index (χ3v) is 4.44. The first kappa shape index (κ1) is 27.2. The van der Waals surface area contributed by atoms with Crippen molar-refractivity contribution in [3.63, 3.8) is 0 Å². The molecule has 0 rings (SSSR count). The maximum Gasteiger partial charge on any atom is 0.322 e. The van der Waals surface area contributed by atoms with Crippen LogP contribution in [-0.4, -0.2) is 53.1 Å². The summed E-state index contributed by atoms with van der Waals surface area (Å²) in [5.41, 5.74) is 0. The number of nitrogens with one attached hydrogen (secondary N) is 1. The van der Waals surface area contributed by atoms with E-state index in [1.807, 2.05) is 0 Å². The van der Waals surface area contributed by atoms with Crippen LogP contribution >= 0.6 is 0 Å². The van der Waals surface area contributed by atoms with Gasteiger partial charge >= 0.3 is 5.97 Å². The number of carbonyl (C=O) groups excluding carboxylic acids is 1. The Morgan fingerprint density at radius 3 is 1.40 bits per heavy atom. The minimum absolute atomic E-state index is 0. The quantitative estimate of drug-likeness (QED) is 0.264. The summed E-state index contributed by atoms with van der Waals surface area (Å²) in [6.07, 6.45) is 20.0. The number of carbonyl (C=O) groups is 2. The van der Waals surface area contributed by atoms with Gasteiger partial charge in [0.2, 0.25) is 5.91 Å². The topological polar surface area (TPSA) is 66.4 Å². The fourth-order valence-corrected chi connectivity index (χ4v) is 2.92. The van der Waals surface area contributed by atoms with Crippen LogP contribution < -0.4 is 5.32 Å². The number of carboxylic acids is 1. The van der Waals surface area contributed by atoms with E-state index in [-0.39, 0.29) is 42.0 Å². The van der Waals surface area contributed by atoms with Gasteiger partial charge in [-0.2, -0.15) is 0 Å². The second kappa shape index (κ2) is 22.0. The molecular weight excluding hydrogens is 325 g/mol. The van der Waals surface area contributed by atoms with Crippen LogP contribution in [0.25, 0.3) is 0 Å². The van der Waals surface area contributed by atoms with E-state index >= 15 is 0 Å². The Morgan fingerprint density at radius 2 is 1.04 bits per heavy atom. The number of hydrogen-bond acceptors (Lipinski definition) is 2. The number of hydrogen-bond donors (Lipinski definition) is 2. The molecule has 0 atom stereocenters.